The first kappa shape index (κ1) is 15.0. The summed E-state index contributed by atoms with van der Waals surface area (Å²) in [6, 6.07) is 5.34. The summed E-state index contributed by atoms with van der Waals surface area (Å²) < 4.78 is 0. The van der Waals surface area contributed by atoms with Gasteiger partial charge in [-0.15, -0.1) is 11.3 Å². The molecule has 0 aromatic carbocycles. The number of nitrogens with zero attached hydrogens (tertiary/aromatic N) is 1. The second-order valence-corrected chi connectivity index (χ2v) is 6.74. The topological polar surface area (TPSA) is 15.3 Å². The van der Waals surface area contributed by atoms with Crippen LogP contribution in [0.5, 0.6) is 0 Å². The van der Waals surface area contributed by atoms with Crippen molar-refractivity contribution in [1.29, 1.82) is 0 Å². The lowest BCUT2D eigenvalue weighted by Gasteiger charge is -2.33. The Morgan fingerprint density at radius 2 is 2.16 bits per heavy atom. The maximum absolute atomic E-state index is 3.41. The maximum Gasteiger partial charge on any atom is 0.0481 e. The summed E-state index contributed by atoms with van der Waals surface area (Å²) in [7, 11) is 2.09. The van der Waals surface area contributed by atoms with E-state index < -0.39 is 0 Å². The standard InChI is InChI=1S/C16H28N2S/c1-4-14-9-10-15(19-14)16-13(12-17-3)8-6-7-11-18(16)5-2/h9-10,13,16-17H,4-8,11-12H2,1-3H3. The zero-order chi connectivity index (χ0) is 13.7. The van der Waals surface area contributed by atoms with Gasteiger partial charge in [-0.3, -0.25) is 4.90 Å². The molecule has 0 bridgehead atoms. The Bertz CT molecular complexity index is 375. The van der Waals surface area contributed by atoms with E-state index in [2.05, 4.69) is 43.2 Å². The summed E-state index contributed by atoms with van der Waals surface area (Å²) in [5, 5.41) is 3.41. The van der Waals surface area contributed by atoms with Crippen molar-refractivity contribution in [2.45, 2.75) is 45.6 Å². The van der Waals surface area contributed by atoms with Crippen LogP contribution in [-0.2, 0) is 6.42 Å². The molecule has 1 fully saturated rings. The van der Waals surface area contributed by atoms with Gasteiger partial charge in [-0.2, -0.15) is 0 Å². The zero-order valence-electron chi connectivity index (χ0n) is 12.6. The highest BCUT2D eigenvalue weighted by molar-refractivity contribution is 7.12. The third-order valence-corrected chi connectivity index (χ3v) is 5.61. The van der Waals surface area contributed by atoms with Crippen LogP contribution in [0.3, 0.4) is 0 Å². The van der Waals surface area contributed by atoms with Gasteiger partial charge in [0.15, 0.2) is 0 Å². The Morgan fingerprint density at radius 3 is 2.79 bits per heavy atom. The zero-order valence-corrected chi connectivity index (χ0v) is 13.4. The highest BCUT2D eigenvalue weighted by Crippen LogP contribution is 2.38. The SMILES string of the molecule is CCc1ccc(C2C(CNC)CCCCN2CC)s1. The molecule has 2 unspecified atom stereocenters. The van der Waals surface area contributed by atoms with Crippen molar-refractivity contribution in [1.82, 2.24) is 10.2 Å². The lowest BCUT2D eigenvalue weighted by atomic mass is 9.93. The van der Waals surface area contributed by atoms with Gasteiger partial charge < -0.3 is 5.32 Å². The van der Waals surface area contributed by atoms with E-state index in [4.69, 9.17) is 0 Å². The van der Waals surface area contributed by atoms with E-state index in [9.17, 15) is 0 Å². The van der Waals surface area contributed by atoms with Gasteiger partial charge in [0.25, 0.3) is 0 Å². The fourth-order valence-electron chi connectivity index (χ4n) is 3.30. The molecule has 0 amide bonds. The molecule has 0 aliphatic carbocycles. The Morgan fingerprint density at radius 1 is 1.32 bits per heavy atom. The molecule has 1 aliphatic rings. The number of thiophene rings is 1. The van der Waals surface area contributed by atoms with E-state index in [0.29, 0.717) is 6.04 Å². The third kappa shape index (κ3) is 3.59. The maximum atomic E-state index is 3.41. The molecule has 1 aromatic heterocycles. The van der Waals surface area contributed by atoms with Crippen LogP contribution in [-0.4, -0.2) is 31.6 Å². The van der Waals surface area contributed by atoms with Crippen molar-refractivity contribution in [2.24, 2.45) is 5.92 Å². The van der Waals surface area contributed by atoms with Crippen molar-refractivity contribution in [3.8, 4) is 0 Å². The molecule has 0 radical (unpaired) electrons. The van der Waals surface area contributed by atoms with Crippen LogP contribution in [0.25, 0.3) is 0 Å². The smallest absolute Gasteiger partial charge is 0.0481 e. The third-order valence-electron chi connectivity index (χ3n) is 4.31. The fourth-order valence-corrected chi connectivity index (χ4v) is 4.48. The second kappa shape index (κ2) is 7.41. The first-order chi connectivity index (χ1) is 9.30. The lowest BCUT2D eigenvalue weighted by Crippen LogP contribution is -2.35. The first-order valence-corrected chi connectivity index (χ1v) is 8.59. The summed E-state index contributed by atoms with van der Waals surface area (Å²) in [5.74, 6) is 0.760. The van der Waals surface area contributed by atoms with E-state index in [1.165, 1.54) is 43.6 Å². The summed E-state index contributed by atoms with van der Waals surface area (Å²) in [4.78, 5) is 5.81. The number of likely N-dealkylation sites (tertiary alicyclic amines) is 1. The van der Waals surface area contributed by atoms with Crippen LogP contribution >= 0.6 is 11.3 Å². The molecule has 1 aromatic rings. The average molecular weight is 280 g/mol. The molecule has 1 aliphatic heterocycles. The quantitative estimate of drug-likeness (QED) is 0.885. The Balaban J connectivity index is 2.25. The van der Waals surface area contributed by atoms with Crippen molar-refractivity contribution in [3.05, 3.63) is 21.9 Å². The molecule has 1 N–H and O–H groups in total. The highest BCUT2D eigenvalue weighted by Gasteiger charge is 2.30. The van der Waals surface area contributed by atoms with Crippen LogP contribution < -0.4 is 5.32 Å². The fraction of sp³-hybridized carbons (Fsp3) is 0.750. The van der Waals surface area contributed by atoms with Crippen LogP contribution in [0.2, 0.25) is 0 Å². The van der Waals surface area contributed by atoms with Gasteiger partial charge in [0, 0.05) is 15.8 Å². The molecule has 2 atom stereocenters. The average Bonchev–Trinajstić information content (AvgIpc) is 2.81. The lowest BCUT2D eigenvalue weighted by molar-refractivity contribution is 0.165. The normalized spacial score (nSPS) is 25.4. The van der Waals surface area contributed by atoms with Crippen LogP contribution in [0.4, 0.5) is 0 Å². The van der Waals surface area contributed by atoms with E-state index >= 15 is 0 Å². The van der Waals surface area contributed by atoms with E-state index in [-0.39, 0.29) is 0 Å². The van der Waals surface area contributed by atoms with Gasteiger partial charge in [-0.25, -0.2) is 0 Å². The summed E-state index contributed by atoms with van der Waals surface area (Å²) in [6.07, 6.45) is 5.27. The second-order valence-electron chi connectivity index (χ2n) is 5.54. The minimum Gasteiger partial charge on any atom is -0.319 e. The molecule has 3 heteroatoms. The van der Waals surface area contributed by atoms with Gasteiger partial charge in [0.1, 0.15) is 0 Å². The van der Waals surface area contributed by atoms with Crippen molar-refractivity contribution in [2.75, 3.05) is 26.7 Å². The highest BCUT2D eigenvalue weighted by atomic mass is 32.1. The molecular weight excluding hydrogens is 252 g/mol. The Hall–Kier alpha value is -0.380. The predicted molar refractivity (Wildman–Crippen MR) is 85.0 cm³/mol. The van der Waals surface area contributed by atoms with Crippen molar-refractivity contribution < 1.29 is 0 Å². The van der Waals surface area contributed by atoms with E-state index in [1.807, 2.05) is 11.3 Å². The van der Waals surface area contributed by atoms with E-state index in [1.54, 1.807) is 4.88 Å². The van der Waals surface area contributed by atoms with E-state index in [0.717, 1.165) is 12.5 Å². The first-order valence-electron chi connectivity index (χ1n) is 7.77. The minimum atomic E-state index is 0.630. The van der Waals surface area contributed by atoms with Gasteiger partial charge in [-0.1, -0.05) is 20.3 Å². The molecule has 2 rings (SSSR count). The Labute approximate surface area is 122 Å². The number of hydrogen-bond donors (Lipinski definition) is 1. The molecular formula is C16H28N2S. The number of hydrogen-bond acceptors (Lipinski definition) is 3. The summed E-state index contributed by atoms with van der Waals surface area (Å²) >= 11 is 2.03. The minimum absolute atomic E-state index is 0.630. The van der Waals surface area contributed by atoms with Crippen molar-refractivity contribution in [3.63, 3.8) is 0 Å². The van der Waals surface area contributed by atoms with Crippen molar-refractivity contribution >= 4 is 11.3 Å². The number of aryl methyl sites for hydroxylation is 1. The largest absolute Gasteiger partial charge is 0.319 e. The van der Waals surface area contributed by atoms with Gasteiger partial charge in [0.05, 0.1) is 0 Å². The predicted octanol–water partition coefficient (Wildman–Crippen LogP) is 3.69. The molecule has 2 heterocycles. The summed E-state index contributed by atoms with van der Waals surface area (Å²) in [5.41, 5.74) is 0. The van der Waals surface area contributed by atoms with Crippen LogP contribution in [0.1, 0.15) is 48.9 Å². The van der Waals surface area contributed by atoms with Gasteiger partial charge in [-0.05, 0) is 64.0 Å². The molecule has 0 spiro atoms. The molecule has 19 heavy (non-hydrogen) atoms. The van der Waals surface area contributed by atoms with Crippen LogP contribution in [0.15, 0.2) is 12.1 Å². The molecule has 2 nitrogen and oxygen atoms in total. The number of nitrogens with one attached hydrogen (secondary N) is 1. The number of rotatable bonds is 5. The molecule has 108 valence electrons. The Kier molecular flexibility index (Phi) is 5.86. The monoisotopic (exact) mass is 280 g/mol. The van der Waals surface area contributed by atoms with Crippen LogP contribution in [0, 0.1) is 5.92 Å². The van der Waals surface area contributed by atoms with Gasteiger partial charge in [0.2, 0.25) is 0 Å². The summed E-state index contributed by atoms with van der Waals surface area (Å²) in [6.45, 7) is 8.14. The molecule has 1 saturated heterocycles. The molecule has 0 saturated carbocycles. The van der Waals surface area contributed by atoms with Gasteiger partial charge >= 0.3 is 0 Å².